The van der Waals surface area contributed by atoms with Crippen LogP contribution in [0.3, 0.4) is 0 Å². The summed E-state index contributed by atoms with van der Waals surface area (Å²) in [6.07, 6.45) is 2.12. The van der Waals surface area contributed by atoms with E-state index in [-0.39, 0.29) is 5.92 Å². The van der Waals surface area contributed by atoms with Gasteiger partial charge >= 0.3 is 5.97 Å². The zero-order chi connectivity index (χ0) is 11.7. The van der Waals surface area contributed by atoms with Gasteiger partial charge in [-0.25, -0.2) is 0 Å². The van der Waals surface area contributed by atoms with Crippen molar-refractivity contribution in [3.63, 3.8) is 0 Å². The molecule has 1 atom stereocenters. The highest BCUT2D eigenvalue weighted by Gasteiger charge is 2.28. The molecule has 1 aliphatic carbocycles. The first kappa shape index (κ1) is 11.1. The Hall–Kier alpha value is -1.36. The number of aromatic nitrogens is 2. The summed E-state index contributed by atoms with van der Waals surface area (Å²) < 4.78 is 1.93. The van der Waals surface area contributed by atoms with Crippen molar-refractivity contribution < 1.29 is 9.90 Å². The molecule has 0 spiro atoms. The van der Waals surface area contributed by atoms with E-state index in [4.69, 9.17) is 10.8 Å². The van der Waals surface area contributed by atoms with Crippen LogP contribution in [0.1, 0.15) is 23.4 Å². The van der Waals surface area contributed by atoms with Crippen LogP contribution in [0.4, 0.5) is 0 Å². The third kappa shape index (κ3) is 1.82. The van der Waals surface area contributed by atoms with Crippen LogP contribution in [0.25, 0.3) is 0 Å². The minimum Gasteiger partial charge on any atom is -0.481 e. The third-order valence-corrected chi connectivity index (χ3v) is 3.24. The largest absolute Gasteiger partial charge is 0.481 e. The van der Waals surface area contributed by atoms with E-state index in [1.165, 1.54) is 5.69 Å². The van der Waals surface area contributed by atoms with E-state index in [9.17, 15) is 4.79 Å². The van der Waals surface area contributed by atoms with Crippen LogP contribution in [0.2, 0.25) is 0 Å². The summed E-state index contributed by atoms with van der Waals surface area (Å²) in [5, 5.41) is 13.4. The van der Waals surface area contributed by atoms with Gasteiger partial charge in [-0.3, -0.25) is 9.48 Å². The van der Waals surface area contributed by atoms with E-state index in [0.29, 0.717) is 25.9 Å². The maximum absolute atomic E-state index is 11.0. The zero-order valence-corrected chi connectivity index (χ0v) is 9.44. The fourth-order valence-electron chi connectivity index (χ4n) is 2.39. The number of rotatable bonds is 3. The zero-order valence-electron chi connectivity index (χ0n) is 9.44. The van der Waals surface area contributed by atoms with Crippen molar-refractivity contribution in [2.45, 2.75) is 32.7 Å². The molecule has 1 heterocycles. The van der Waals surface area contributed by atoms with Crippen molar-refractivity contribution in [1.82, 2.24) is 9.78 Å². The molecule has 0 bridgehead atoms. The van der Waals surface area contributed by atoms with Crippen LogP contribution in [0.5, 0.6) is 0 Å². The van der Waals surface area contributed by atoms with Gasteiger partial charge in [0.05, 0.1) is 18.2 Å². The summed E-state index contributed by atoms with van der Waals surface area (Å²) in [6, 6.07) is 0. The molecular formula is C11H17N3O2. The van der Waals surface area contributed by atoms with Crippen molar-refractivity contribution >= 4 is 5.97 Å². The van der Waals surface area contributed by atoms with Crippen molar-refractivity contribution in [2.75, 3.05) is 6.54 Å². The molecule has 1 aromatic heterocycles. The maximum Gasteiger partial charge on any atom is 0.306 e. The molecule has 0 radical (unpaired) electrons. The lowest BCUT2D eigenvalue weighted by Crippen LogP contribution is -2.24. The van der Waals surface area contributed by atoms with E-state index in [0.717, 1.165) is 17.7 Å². The molecule has 0 saturated carbocycles. The number of aliphatic carboxylic acids is 1. The second-order valence-electron chi connectivity index (χ2n) is 4.30. The van der Waals surface area contributed by atoms with Gasteiger partial charge in [-0.1, -0.05) is 0 Å². The van der Waals surface area contributed by atoms with Gasteiger partial charge in [0.1, 0.15) is 0 Å². The topological polar surface area (TPSA) is 81.1 Å². The van der Waals surface area contributed by atoms with Crippen LogP contribution < -0.4 is 5.73 Å². The van der Waals surface area contributed by atoms with Crippen molar-refractivity contribution in [2.24, 2.45) is 11.7 Å². The number of carbonyl (C=O) groups is 1. The molecule has 3 N–H and O–H groups in total. The smallest absolute Gasteiger partial charge is 0.306 e. The van der Waals surface area contributed by atoms with E-state index in [1.54, 1.807) is 0 Å². The quantitative estimate of drug-likeness (QED) is 0.774. The first-order valence-corrected chi connectivity index (χ1v) is 5.61. The molecular weight excluding hydrogens is 206 g/mol. The van der Waals surface area contributed by atoms with Crippen molar-refractivity contribution in [1.29, 1.82) is 0 Å². The fourth-order valence-corrected chi connectivity index (χ4v) is 2.39. The lowest BCUT2D eigenvalue weighted by atomic mass is 9.86. The Balaban J connectivity index is 2.29. The molecule has 0 aliphatic heterocycles. The Morgan fingerprint density at radius 2 is 2.44 bits per heavy atom. The summed E-state index contributed by atoms with van der Waals surface area (Å²) in [7, 11) is 0. The summed E-state index contributed by atoms with van der Waals surface area (Å²) in [6.45, 7) is 3.22. The fraction of sp³-hybridized carbons (Fsp3) is 0.636. The standard InChI is InChI=1S/C11H17N3O2/c1-7-9-6-8(11(15)16)2-3-10(9)14(13-7)5-4-12/h8H,2-6,12H2,1H3,(H,15,16). The minimum absolute atomic E-state index is 0.248. The minimum atomic E-state index is -0.698. The van der Waals surface area contributed by atoms with Gasteiger partial charge in [-0.05, 0) is 31.7 Å². The molecule has 1 aliphatic rings. The Morgan fingerprint density at radius 1 is 1.69 bits per heavy atom. The Bertz CT molecular complexity index is 412. The number of carboxylic acids is 1. The van der Waals surface area contributed by atoms with Crippen molar-refractivity contribution in [3.05, 3.63) is 17.0 Å². The van der Waals surface area contributed by atoms with Crippen molar-refractivity contribution in [3.8, 4) is 0 Å². The number of aryl methyl sites for hydroxylation is 1. The number of hydrogen-bond donors (Lipinski definition) is 2. The van der Waals surface area contributed by atoms with Gasteiger partial charge in [-0.15, -0.1) is 0 Å². The Kier molecular flexibility index (Phi) is 2.96. The highest BCUT2D eigenvalue weighted by molar-refractivity contribution is 5.71. The number of fused-ring (bicyclic) bond motifs is 1. The predicted molar refractivity (Wildman–Crippen MR) is 59.2 cm³/mol. The third-order valence-electron chi connectivity index (χ3n) is 3.24. The molecule has 1 aromatic rings. The SMILES string of the molecule is Cc1nn(CCN)c2c1CC(C(=O)O)CC2. The van der Waals surface area contributed by atoms with Crippen LogP contribution in [0, 0.1) is 12.8 Å². The monoisotopic (exact) mass is 223 g/mol. The van der Waals surface area contributed by atoms with Crippen LogP contribution >= 0.6 is 0 Å². The van der Waals surface area contributed by atoms with E-state index in [1.807, 2.05) is 11.6 Å². The summed E-state index contributed by atoms with van der Waals surface area (Å²) >= 11 is 0. The number of nitrogens with two attached hydrogens (primary N) is 1. The molecule has 0 amide bonds. The first-order chi connectivity index (χ1) is 7.63. The molecule has 88 valence electrons. The molecule has 5 nitrogen and oxygen atoms in total. The number of carboxylic acid groups (broad SMARTS) is 1. The molecule has 2 rings (SSSR count). The van der Waals surface area contributed by atoms with E-state index < -0.39 is 5.97 Å². The summed E-state index contributed by atoms with van der Waals surface area (Å²) in [5.74, 6) is -0.946. The van der Waals surface area contributed by atoms with Gasteiger partial charge in [0.25, 0.3) is 0 Å². The molecule has 0 fully saturated rings. The Labute approximate surface area is 94.2 Å². The van der Waals surface area contributed by atoms with E-state index in [2.05, 4.69) is 5.10 Å². The van der Waals surface area contributed by atoms with Crippen LogP contribution in [-0.4, -0.2) is 27.4 Å². The average molecular weight is 223 g/mol. The van der Waals surface area contributed by atoms with Crippen LogP contribution in [0.15, 0.2) is 0 Å². The number of hydrogen-bond acceptors (Lipinski definition) is 3. The van der Waals surface area contributed by atoms with E-state index >= 15 is 0 Å². The first-order valence-electron chi connectivity index (χ1n) is 5.61. The lowest BCUT2D eigenvalue weighted by molar-refractivity contribution is -0.142. The summed E-state index contributed by atoms with van der Waals surface area (Å²) in [5.41, 5.74) is 8.78. The van der Waals surface area contributed by atoms with Gasteiger partial charge in [0.2, 0.25) is 0 Å². The lowest BCUT2D eigenvalue weighted by Gasteiger charge is -2.19. The predicted octanol–water partition coefficient (Wildman–Crippen LogP) is 0.340. The molecule has 5 heteroatoms. The molecule has 16 heavy (non-hydrogen) atoms. The summed E-state index contributed by atoms with van der Waals surface area (Å²) in [4.78, 5) is 11.0. The highest BCUT2D eigenvalue weighted by Crippen LogP contribution is 2.27. The average Bonchev–Trinajstić information content (AvgIpc) is 2.56. The molecule has 1 unspecified atom stereocenters. The highest BCUT2D eigenvalue weighted by atomic mass is 16.4. The van der Waals surface area contributed by atoms with Gasteiger partial charge in [0, 0.05) is 12.2 Å². The molecule has 0 aromatic carbocycles. The van der Waals surface area contributed by atoms with Crippen LogP contribution in [-0.2, 0) is 24.2 Å². The molecule has 0 saturated heterocycles. The Morgan fingerprint density at radius 3 is 3.06 bits per heavy atom. The van der Waals surface area contributed by atoms with Gasteiger partial charge in [0.15, 0.2) is 0 Å². The maximum atomic E-state index is 11.0. The second-order valence-corrected chi connectivity index (χ2v) is 4.30. The number of nitrogens with zero attached hydrogens (tertiary/aromatic N) is 2. The second kappa shape index (κ2) is 4.25. The van der Waals surface area contributed by atoms with Gasteiger partial charge in [-0.2, -0.15) is 5.10 Å². The normalized spacial score (nSPS) is 19.5. The van der Waals surface area contributed by atoms with Gasteiger partial charge < -0.3 is 10.8 Å².